The predicted molar refractivity (Wildman–Crippen MR) is 144 cm³/mol. The Hall–Kier alpha value is -2.08. The Kier molecular flexibility index (Phi) is 14.5. The lowest BCUT2D eigenvalue weighted by Gasteiger charge is -2.19. The third-order valence-electron chi connectivity index (χ3n) is 5.21. The predicted octanol–water partition coefficient (Wildman–Crippen LogP) is 2.94. The van der Waals surface area contributed by atoms with Crippen LogP contribution in [0.25, 0.3) is 0 Å². The van der Waals surface area contributed by atoms with E-state index >= 15 is 0 Å². The van der Waals surface area contributed by atoms with E-state index in [1.165, 1.54) is 0 Å². The van der Waals surface area contributed by atoms with Crippen molar-refractivity contribution in [2.45, 2.75) is 47.2 Å². The Labute approximate surface area is 215 Å². The van der Waals surface area contributed by atoms with Gasteiger partial charge in [-0.3, -0.25) is 0 Å². The second kappa shape index (κ2) is 16.5. The van der Waals surface area contributed by atoms with Gasteiger partial charge < -0.3 is 29.6 Å². The molecule has 0 aliphatic rings. The molecule has 9 nitrogen and oxygen atoms in total. The van der Waals surface area contributed by atoms with Crippen LogP contribution in [0.15, 0.2) is 29.5 Å². The van der Waals surface area contributed by atoms with Crippen LogP contribution in [0.1, 0.15) is 39.1 Å². The molecule has 0 bridgehead atoms. The molecule has 33 heavy (non-hydrogen) atoms. The molecule has 2 aromatic rings. The Morgan fingerprint density at radius 2 is 1.91 bits per heavy atom. The van der Waals surface area contributed by atoms with Crippen molar-refractivity contribution in [3.8, 4) is 11.5 Å². The van der Waals surface area contributed by atoms with Crippen molar-refractivity contribution in [3.05, 3.63) is 35.9 Å². The number of hydrogen-bond acceptors (Lipinski definition) is 6. The number of likely N-dealkylation sites (N-methyl/N-ethyl adjacent to an activating group) is 1. The summed E-state index contributed by atoms with van der Waals surface area (Å²) in [6.45, 7) is 14.9. The molecule has 1 heterocycles. The fourth-order valence-corrected chi connectivity index (χ4v) is 3.30. The van der Waals surface area contributed by atoms with Crippen molar-refractivity contribution in [3.63, 3.8) is 0 Å². The average molecular weight is 574 g/mol. The minimum absolute atomic E-state index is 0. The maximum Gasteiger partial charge on any atom is 0.191 e. The minimum atomic E-state index is 0. The molecule has 2 rings (SSSR count). The van der Waals surface area contributed by atoms with Gasteiger partial charge in [-0.2, -0.15) is 0 Å². The van der Waals surface area contributed by atoms with E-state index in [9.17, 15) is 0 Å². The van der Waals surface area contributed by atoms with Gasteiger partial charge in [0.1, 0.15) is 18.8 Å². The normalized spacial score (nSPS) is 11.3. The summed E-state index contributed by atoms with van der Waals surface area (Å²) in [4.78, 5) is 7.04. The van der Waals surface area contributed by atoms with Crippen LogP contribution in [0, 0.1) is 0 Å². The summed E-state index contributed by atoms with van der Waals surface area (Å²) in [5, 5.41) is 14.8. The van der Waals surface area contributed by atoms with Crippen LogP contribution in [0.3, 0.4) is 0 Å². The summed E-state index contributed by atoms with van der Waals surface area (Å²) in [5.41, 5.74) is 1.06. The Balaban J connectivity index is 0.00000544. The standard InChI is InChI=1S/C23H39N7O2.HI/c1-6-22-28-27-18-30(22)13-12-25-23(24-7-2)26-17-19-10-11-20(21(16-19)31-5)32-15-14-29(8-3)9-4;/h10-11,16,18H,6-9,12-15,17H2,1-5H3,(H2,24,25,26);1H. The van der Waals surface area contributed by atoms with Gasteiger partial charge in [0.25, 0.3) is 0 Å². The zero-order chi connectivity index (χ0) is 23.2. The first-order valence-corrected chi connectivity index (χ1v) is 11.6. The van der Waals surface area contributed by atoms with Crippen LogP contribution >= 0.6 is 24.0 Å². The van der Waals surface area contributed by atoms with Crippen molar-refractivity contribution in [1.29, 1.82) is 0 Å². The molecule has 0 aliphatic carbocycles. The van der Waals surface area contributed by atoms with Crippen LogP contribution in [-0.2, 0) is 19.5 Å². The molecule has 0 saturated heterocycles. The second-order valence-electron chi connectivity index (χ2n) is 7.28. The number of aryl methyl sites for hydroxylation is 1. The Morgan fingerprint density at radius 3 is 2.58 bits per heavy atom. The lowest BCUT2D eigenvalue weighted by Crippen LogP contribution is -2.38. The zero-order valence-electron chi connectivity index (χ0n) is 20.6. The van der Waals surface area contributed by atoms with Gasteiger partial charge in [0.2, 0.25) is 0 Å². The first kappa shape index (κ1) is 29.0. The van der Waals surface area contributed by atoms with E-state index in [1.807, 2.05) is 18.2 Å². The second-order valence-corrected chi connectivity index (χ2v) is 7.28. The Bertz CT molecular complexity index is 825. The molecule has 0 fully saturated rings. The first-order valence-electron chi connectivity index (χ1n) is 11.6. The molecule has 2 N–H and O–H groups in total. The van der Waals surface area contributed by atoms with Crippen molar-refractivity contribution >= 4 is 29.9 Å². The van der Waals surface area contributed by atoms with Gasteiger partial charge in [-0.05, 0) is 37.7 Å². The summed E-state index contributed by atoms with van der Waals surface area (Å²) >= 11 is 0. The number of benzene rings is 1. The van der Waals surface area contributed by atoms with E-state index < -0.39 is 0 Å². The largest absolute Gasteiger partial charge is 0.493 e. The molecule has 0 spiro atoms. The summed E-state index contributed by atoms with van der Waals surface area (Å²) in [7, 11) is 1.67. The molecule has 0 radical (unpaired) electrons. The highest BCUT2D eigenvalue weighted by atomic mass is 127. The van der Waals surface area contributed by atoms with Crippen LogP contribution < -0.4 is 20.1 Å². The molecule has 186 valence electrons. The SMILES string of the molecule is CCNC(=NCc1ccc(OCCN(CC)CC)c(OC)c1)NCCn1cnnc1CC.I. The number of methoxy groups -OCH3 is 1. The zero-order valence-corrected chi connectivity index (χ0v) is 23.0. The van der Waals surface area contributed by atoms with E-state index in [1.54, 1.807) is 13.4 Å². The summed E-state index contributed by atoms with van der Waals surface area (Å²) in [6, 6.07) is 5.99. The third-order valence-corrected chi connectivity index (χ3v) is 5.21. The van der Waals surface area contributed by atoms with Crippen molar-refractivity contribution in [2.24, 2.45) is 4.99 Å². The van der Waals surface area contributed by atoms with Crippen molar-refractivity contribution in [2.75, 3.05) is 46.4 Å². The number of ether oxygens (including phenoxy) is 2. The van der Waals surface area contributed by atoms with Gasteiger partial charge in [-0.15, -0.1) is 34.2 Å². The number of nitrogens with zero attached hydrogens (tertiary/aromatic N) is 5. The van der Waals surface area contributed by atoms with Crippen molar-refractivity contribution < 1.29 is 9.47 Å². The molecular formula is C23H40IN7O2. The van der Waals surface area contributed by atoms with Gasteiger partial charge in [0.05, 0.1) is 13.7 Å². The average Bonchev–Trinajstić information content (AvgIpc) is 3.28. The van der Waals surface area contributed by atoms with Gasteiger partial charge in [-0.25, -0.2) is 4.99 Å². The van der Waals surface area contributed by atoms with Crippen LogP contribution in [-0.4, -0.2) is 72.1 Å². The quantitative estimate of drug-likeness (QED) is 0.204. The summed E-state index contributed by atoms with van der Waals surface area (Å²) in [5.74, 6) is 3.25. The number of rotatable bonds is 14. The van der Waals surface area contributed by atoms with E-state index in [2.05, 4.69) is 58.0 Å². The third kappa shape index (κ3) is 9.75. The van der Waals surface area contributed by atoms with Crippen molar-refractivity contribution in [1.82, 2.24) is 30.3 Å². The summed E-state index contributed by atoms with van der Waals surface area (Å²) in [6.07, 6.45) is 2.63. The lowest BCUT2D eigenvalue weighted by atomic mass is 10.2. The van der Waals surface area contributed by atoms with E-state index in [-0.39, 0.29) is 24.0 Å². The molecule has 0 atom stereocenters. The van der Waals surface area contributed by atoms with Crippen LogP contribution in [0.4, 0.5) is 0 Å². The van der Waals surface area contributed by atoms with Gasteiger partial charge in [0.15, 0.2) is 17.5 Å². The number of halogens is 1. The molecule has 0 amide bonds. The summed E-state index contributed by atoms with van der Waals surface area (Å²) < 4.78 is 13.6. The number of guanidine groups is 1. The number of nitrogens with one attached hydrogen (secondary N) is 2. The highest BCUT2D eigenvalue weighted by Crippen LogP contribution is 2.28. The van der Waals surface area contributed by atoms with Gasteiger partial charge in [0, 0.05) is 32.6 Å². The molecular weight excluding hydrogens is 533 g/mol. The van der Waals surface area contributed by atoms with Crippen LogP contribution in [0.2, 0.25) is 0 Å². The number of aromatic nitrogens is 3. The highest BCUT2D eigenvalue weighted by molar-refractivity contribution is 14.0. The topological polar surface area (TPSA) is 88.8 Å². The van der Waals surface area contributed by atoms with Crippen LogP contribution in [0.5, 0.6) is 11.5 Å². The smallest absolute Gasteiger partial charge is 0.191 e. The van der Waals surface area contributed by atoms with E-state index in [4.69, 9.17) is 14.5 Å². The maximum atomic E-state index is 5.95. The molecule has 1 aromatic carbocycles. The van der Waals surface area contributed by atoms with E-state index in [0.717, 1.165) is 74.5 Å². The Morgan fingerprint density at radius 1 is 1.12 bits per heavy atom. The molecule has 0 unspecified atom stereocenters. The fraction of sp³-hybridized carbons (Fsp3) is 0.609. The lowest BCUT2D eigenvalue weighted by molar-refractivity contribution is 0.217. The first-order chi connectivity index (χ1) is 15.6. The molecule has 1 aromatic heterocycles. The highest BCUT2D eigenvalue weighted by Gasteiger charge is 2.08. The van der Waals surface area contributed by atoms with Gasteiger partial charge >= 0.3 is 0 Å². The fourth-order valence-electron chi connectivity index (χ4n) is 3.30. The molecule has 0 saturated carbocycles. The molecule has 10 heteroatoms. The number of aliphatic imine (C=N–C) groups is 1. The van der Waals surface area contributed by atoms with Gasteiger partial charge in [-0.1, -0.05) is 26.8 Å². The number of hydrogen-bond donors (Lipinski definition) is 2. The monoisotopic (exact) mass is 573 g/mol. The maximum absolute atomic E-state index is 5.95. The van der Waals surface area contributed by atoms with E-state index in [0.29, 0.717) is 13.2 Å². The minimum Gasteiger partial charge on any atom is -0.493 e. The molecule has 0 aliphatic heterocycles.